The van der Waals surface area contributed by atoms with Crippen LogP contribution < -0.4 is 5.48 Å². The van der Waals surface area contributed by atoms with Crippen LogP contribution >= 0.6 is 0 Å². The van der Waals surface area contributed by atoms with E-state index < -0.39 is 0 Å². The van der Waals surface area contributed by atoms with Crippen LogP contribution in [0.2, 0.25) is 0 Å². The lowest BCUT2D eigenvalue weighted by Crippen LogP contribution is -2.05. The van der Waals surface area contributed by atoms with Crippen LogP contribution in [0.5, 0.6) is 0 Å². The monoisotopic (exact) mass is 114 g/mol. The molecule has 0 atom stereocenters. The first kappa shape index (κ1) is 5.27. The average molecular weight is 114 g/mol. The molecule has 0 aliphatic heterocycles. The molecule has 0 radical (unpaired) electrons. The van der Waals surface area contributed by atoms with Crippen LogP contribution in [0.3, 0.4) is 0 Å². The van der Waals surface area contributed by atoms with Crippen molar-refractivity contribution in [1.82, 2.24) is 10.6 Å². The van der Waals surface area contributed by atoms with E-state index in [1.165, 1.54) is 6.26 Å². The molecule has 1 heterocycles. The maximum atomic E-state index is 8.11. The third kappa shape index (κ3) is 1.05. The van der Waals surface area contributed by atoms with E-state index in [0.29, 0.717) is 12.2 Å². The standard InChI is InChI=1S/C4H6N2O2/c7-5-3-4-1-2-8-6-4/h1-2,5,7H,3H2. The second-order valence-electron chi connectivity index (χ2n) is 1.33. The lowest BCUT2D eigenvalue weighted by atomic mass is 10.4. The van der Waals surface area contributed by atoms with Crippen LogP contribution in [0.15, 0.2) is 16.9 Å². The zero-order chi connectivity index (χ0) is 5.82. The highest BCUT2D eigenvalue weighted by Gasteiger charge is 1.90. The fraction of sp³-hybridized carbons (Fsp3) is 0.250. The Kier molecular flexibility index (Phi) is 1.61. The minimum Gasteiger partial charge on any atom is -0.364 e. The van der Waals surface area contributed by atoms with E-state index in [1.54, 1.807) is 6.07 Å². The zero-order valence-corrected chi connectivity index (χ0v) is 4.16. The topological polar surface area (TPSA) is 58.3 Å². The predicted octanol–water partition coefficient (Wildman–Crippen LogP) is 0.153. The van der Waals surface area contributed by atoms with E-state index in [2.05, 4.69) is 9.68 Å². The van der Waals surface area contributed by atoms with Crippen LogP contribution in [-0.4, -0.2) is 10.4 Å². The van der Waals surface area contributed by atoms with Crippen LogP contribution in [0.1, 0.15) is 5.69 Å². The van der Waals surface area contributed by atoms with Gasteiger partial charge >= 0.3 is 0 Å². The Balaban J connectivity index is 2.50. The van der Waals surface area contributed by atoms with Crippen molar-refractivity contribution in [1.29, 1.82) is 0 Å². The van der Waals surface area contributed by atoms with E-state index in [0.717, 1.165) is 0 Å². The van der Waals surface area contributed by atoms with Gasteiger partial charge in [0.2, 0.25) is 0 Å². The highest BCUT2D eigenvalue weighted by atomic mass is 16.5. The van der Waals surface area contributed by atoms with Crippen molar-refractivity contribution in [3.05, 3.63) is 18.0 Å². The molecule has 0 saturated carbocycles. The van der Waals surface area contributed by atoms with Crippen molar-refractivity contribution in [2.45, 2.75) is 6.54 Å². The fourth-order valence-electron chi connectivity index (χ4n) is 0.410. The van der Waals surface area contributed by atoms with Crippen molar-refractivity contribution in [2.75, 3.05) is 0 Å². The molecule has 0 bridgehead atoms. The molecule has 1 aromatic heterocycles. The summed E-state index contributed by atoms with van der Waals surface area (Å²) in [6, 6.07) is 1.67. The number of hydroxylamine groups is 1. The first-order chi connectivity index (χ1) is 3.93. The summed E-state index contributed by atoms with van der Waals surface area (Å²) in [5.41, 5.74) is 2.64. The molecular weight excluding hydrogens is 108 g/mol. The molecule has 4 nitrogen and oxygen atoms in total. The molecule has 0 unspecified atom stereocenters. The van der Waals surface area contributed by atoms with Crippen molar-refractivity contribution in [3.8, 4) is 0 Å². The number of nitrogens with zero attached hydrogens (tertiary/aromatic N) is 1. The summed E-state index contributed by atoms with van der Waals surface area (Å²) in [4.78, 5) is 0. The molecule has 0 aromatic carbocycles. The van der Waals surface area contributed by atoms with Crippen LogP contribution in [0.25, 0.3) is 0 Å². The van der Waals surface area contributed by atoms with Gasteiger partial charge in [-0.1, -0.05) is 5.16 Å². The van der Waals surface area contributed by atoms with Gasteiger partial charge in [-0.05, 0) is 0 Å². The predicted molar refractivity (Wildman–Crippen MR) is 25.1 cm³/mol. The molecule has 44 valence electrons. The number of aromatic nitrogens is 1. The summed E-state index contributed by atoms with van der Waals surface area (Å²) in [5.74, 6) is 0. The average Bonchev–Trinajstić information content (AvgIpc) is 2.19. The van der Waals surface area contributed by atoms with E-state index in [1.807, 2.05) is 5.48 Å². The Morgan fingerprint density at radius 1 is 1.88 bits per heavy atom. The van der Waals surface area contributed by atoms with E-state index in [-0.39, 0.29) is 0 Å². The van der Waals surface area contributed by atoms with Crippen molar-refractivity contribution in [3.63, 3.8) is 0 Å². The summed E-state index contributed by atoms with van der Waals surface area (Å²) in [6.07, 6.45) is 1.45. The molecule has 0 fully saturated rings. The van der Waals surface area contributed by atoms with Crippen molar-refractivity contribution in [2.24, 2.45) is 0 Å². The number of hydrogen-bond donors (Lipinski definition) is 2. The maximum absolute atomic E-state index is 8.11. The number of hydrogen-bond acceptors (Lipinski definition) is 4. The van der Waals surface area contributed by atoms with Gasteiger partial charge in [0.25, 0.3) is 0 Å². The molecule has 1 rings (SSSR count). The van der Waals surface area contributed by atoms with Crippen LogP contribution in [0, 0.1) is 0 Å². The molecule has 0 amide bonds. The smallest absolute Gasteiger partial charge is 0.124 e. The van der Waals surface area contributed by atoms with Gasteiger partial charge in [0.05, 0.1) is 12.2 Å². The Hall–Kier alpha value is -0.870. The van der Waals surface area contributed by atoms with Gasteiger partial charge in [-0.25, -0.2) is 0 Å². The fourth-order valence-corrected chi connectivity index (χ4v) is 0.410. The summed E-state index contributed by atoms with van der Waals surface area (Å²) >= 11 is 0. The second kappa shape index (κ2) is 2.44. The van der Waals surface area contributed by atoms with Gasteiger partial charge in [0.1, 0.15) is 6.26 Å². The molecular formula is C4H6N2O2. The largest absolute Gasteiger partial charge is 0.364 e. The highest BCUT2D eigenvalue weighted by Crippen LogP contribution is 1.90. The van der Waals surface area contributed by atoms with E-state index >= 15 is 0 Å². The van der Waals surface area contributed by atoms with Crippen LogP contribution in [0.4, 0.5) is 0 Å². The molecule has 0 aliphatic carbocycles. The molecule has 0 spiro atoms. The third-order valence-electron chi connectivity index (χ3n) is 0.751. The summed E-state index contributed by atoms with van der Waals surface area (Å²) in [5, 5.41) is 11.6. The van der Waals surface area contributed by atoms with Gasteiger partial charge in [-0.15, -0.1) is 0 Å². The minimum absolute atomic E-state index is 0.330. The second-order valence-corrected chi connectivity index (χ2v) is 1.33. The van der Waals surface area contributed by atoms with Gasteiger partial charge in [0, 0.05) is 6.07 Å². The molecule has 4 heteroatoms. The molecule has 2 N–H and O–H groups in total. The Bertz CT molecular complexity index is 138. The lowest BCUT2D eigenvalue weighted by Gasteiger charge is -1.85. The van der Waals surface area contributed by atoms with Crippen molar-refractivity contribution >= 4 is 0 Å². The van der Waals surface area contributed by atoms with E-state index in [4.69, 9.17) is 5.21 Å². The number of rotatable bonds is 2. The molecule has 0 aliphatic rings. The van der Waals surface area contributed by atoms with Gasteiger partial charge in [0.15, 0.2) is 0 Å². The Labute approximate surface area is 46.1 Å². The minimum atomic E-state index is 0.330. The molecule has 8 heavy (non-hydrogen) atoms. The normalized spacial score (nSPS) is 9.62. The van der Waals surface area contributed by atoms with Gasteiger partial charge in [-0.2, -0.15) is 5.48 Å². The lowest BCUT2D eigenvalue weighted by molar-refractivity contribution is 0.158. The Morgan fingerprint density at radius 3 is 3.25 bits per heavy atom. The number of nitrogens with one attached hydrogen (secondary N) is 1. The molecule has 0 saturated heterocycles. The SMILES string of the molecule is ONCc1ccon1. The summed E-state index contributed by atoms with van der Waals surface area (Å²) < 4.78 is 4.47. The first-order valence-electron chi connectivity index (χ1n) is 2.19. The Morgan fingerprint density at radius 2 is 2.75 bits per heavy atom. The maximum Gasteiger partial charge on any atom is 0.124 e. The van der Waals surface area contributed by atoms with Gasteiger partial charge < -0.3 is 9.73 Å². The third-order valence-corrected chi connectivity index (χ3v) is 0.751. The van der Waals surface area contributed by atoms with E-state index in [9.17, 15) is 0 Å². The van der Waals surface area contributed by atoms with Crippen molar-refractivity contribution < 1.29 is 9.73 Å². The van der Waals surface area contributed by atoms with Crippen LogP contribution in [-0.2, 0) is 6.54 Å². The molecule has 1 aromatic rings. The van der Waals surface area contributed by atoms with Gasteiger partial charge in [-0.3, -0.25) is 0 Å². The summed E-state index contributed by atoms with van der Waals surface area (Å²) in [7, 11) is 0. The summed E-state index contributed by atoms with van der Waals surface area (Å²) in [6.45, 7) is 0.330. The highest BCUT2D eigenvalue weighted by molar-refractivity contribution is 4.93. The zero-order valence-electron chi connectivity index (χ0n) is 4.16. The quantitative estimate of drug-likeness (QED) is 0.537. The first-order valence-corrected chi connectivity index (χ1v) is 2.19.